The van der Waals surface area contributed by atoms with Gasteiger partial charge in [0.15, 0.2) is 0 Å². The third kappa shape index (κ3) is 4.24. The number of aliphatic hydroxyl groups is 1. The minimum atomic E-state index is -3.90. The highest BCUT2D eigenvalue weighted by atomic mass is 32.2. The maximum atomic E-state index is 13.4. The van der Waals surface area contributed by atoms with Crippen LogP contribution >= 0.6 is 0 Å². The van der Waals surface area contributed by atoms with Crippen molar-refractivity contribution in [2.75, 3.05) is 11.4 Å². The number of carbonyl (C=O) groups is 1. The number of benzene rings is 2. The first kappa shape index (κ1) is 23.7. The van der Waals surface area contributed by atoms with E-state index in [1.165, 1.54) is 23.5 Å². The molecule has 2 atom stereocenters. The second kappa shape index (κ2) is 8.73. The Labute approximate surface area is 199 Å². The van der Waals surface area contributed by atoms with Crippen LogP contribution in [0.15, 0.2) is 71.8 Å². The van der Waals surface area contributed by atoms with Crippen LogP contribution in [-0.2, 0) is 21.2 Å². The lowest BCUT2D eigenvalue weighted by Crippen LogP contribution is -2.49. The van der Waals surface area contributed by atoms with E-state index < -0.39 is 33.6 Å². The molecule has 4 rings (SSSR count). The quantitative estimate of drug-likeness (QED) is 0.558. The van der Waals surface area contributed by atoms with Gasteiger partial charge in [0.05, 0.1) is 28.6 Å². The zero-order chi connectivity index (χ0) is 24.7. The van der Waals surface area contributed by atoms with E-state index in [1.54, 1.807) is 62.5 Å². The van der Waals surface area contributed by atoms with Crippen LogP contribution in [0.2, 0.25) is 0 Å². The Balaban J connectivity index is 1.87. The third-order valence-corrected chi connectivity index (χ3v) is 7.86. The SMILES string of the molecule is CN(c1ccccc1)S(=O)(=O)c1ccc2c(c1)[C@H](c1ncccc1CC(N)=O)[C@@H](O)C(C)(C)O2. The number of aromatic nitrogens is 1. The molecule has 3 N–H and O–H groups in total. The highest BCUT2D eigenvalue weighted by Gasteiger charge is 2.45. The molecule has 0 saturated carbocycles. The lowest BCUT2D eigenvalue weighted by atomic mass is 9.78. The lowest BCUT2D eigenvalue weighted by molar-refractivity contribution is -0.117. The minimum absolute atomic E-state index is 0.0468. The summed E-state index contributed by atoms with van der Waals surface area (Å²) in [5.74, 6) is -0.820. The van der Waals surface area contributed by atoms with E-state index in [0.29, 0.717) is 28.3 Å². The number of anilines is 1. The van der Waals surface area contributed by atoms with E-state index in [-0.39, 0.29) is 11.3 Å². The van der Waals surface area contributed by atoms with Gasteiger partial charge in [-0.2, -0.15) is 0 Å². The van der Waals surface area contributed by atoms with Crippen molar-refractivity contribution in [3.63, 3.8) is 0 Å². The number of primary amides is 1. The number of hydrogen-bond acceptors (Lipinski definition) is 6. The zero-order valence-electron chi connectivity index (χ0n) is 19.2. The summed E-state index contributed by atoms with van der Waals surface area (Å²) < 4.78 is 34.1. The van der Waals surface area contributed by atoms with Crippen LogP contribution in [0.1, 0.15) is 36.6 Å². The topological polar surface area (TPSA) is 123 Å². The van der Waals surface area contributed by atoms with Gasteiger partial charge in [-0.15, -0.1) is 0 Å². The van der Waals surface area contributed by atoms with Crippen molar-refractivity contribution in [3.05, 3.63) is 83.7 Å². The lowest BCUT2D eigenvalue weighted by Gasteiger charge is -2.42. The van der Waals surface area contributed by atoms with Crippen LogP contribution in [0, 0.1) is 0 Å². The van der Waals surface area contributed by atoms with Crippen LogP contribution in [0.5, 0.6) is 5.75 Å². The van der Waals surface area contributed by atoms with E-state index in [9.17, 15) is 18.3 Å². The fourth-order valence-electron chi connectivity index (χ4n) is 4.24. The number of sulfonamides is 1. The first-order chi connectivity index (χ1) is 16.0. The van der Waals surface area contributed by atoms with Crippen molar-refractivity contribution in [3.8, 4) is 5.75 Å². The second-order valence-electron chi connectivity index (χ2n) is 8.83. The van der Waals surface area contributed by atoms with Gasteiger partial charge in [-0.05, 0) is 55.8 Å². The van der Waals surface area contributed by atoms with Gasteiger partial charge in [-0.25, -0.2) is 8.42 Å². The average Bonchev–Trinajstić information content (AvgIpc) is 2.80. The van der Waals surface area contributed by atoms with Crippen LogP contribution in [0.3, 0.4) is 0 Å². The van der Waals surface area contributed by atoms with Crippen LogP contribution in [-0.4, -0.2) is 43.2 Å². The number of ether oxygens (including phenoxy) is 1. The van der Waals surface area contributed by atoms with Crippen molar-refractivity contribution in [1.29, 1.82) is 0 Å². The Morgan fingerprint density at radius 1 is 1.15 bits per heavy atom. The molecule has 0 aliphatic carbocycles. The molecule has 0 fully saturated rings. The van der Waals surface area contributed by atoms with Gasteiger partial charge in [-0.3, -0.25) is 14.1 Å². The van der Waals surface area contributed by atoms with Gasteiger partial charge < -0.3 is 15.6 Å². The molecule has 0 saturated heterocycles. The molecule has 1 amide bonds. The summed E-state index contributed by atoms with van der Waals surface area (Å²) >= 11 is 0. The highest BCUT2D eigenvalue weighted by Crippen LogP contribution is 2.45. The number of aliphatic hydroxyl groups excluding tert-OH is 1. The fourth-order valence-corrected chi connectivity index (χ4v) is 5.47. The number of nitrogens with two attached hydrogens (primary N) is 1. The predicted octanol–water partition coefficient (Wildman–Crippen LogP) is 2.60. The first-order valence-electron chi connectivity index (χ1n) is 10.8. The van der Waals surface area contributed by atoms with Crippen LogP contribution < -0.4 is 14.8 Å². The summed E-state index contributed by atoms with van der Waals surface area (Å²) in [6.07, 6.45) is 0.447. The van der Waals surface area contributed by atoms with Crippen molar-refractivity contribution in [2.45, 2.75) is 42.8 Å². The first-order valence-corrected chi connectivity index (χ1v) is 12.2. The number of amides is 1. The molecular formula is C25H27N3O5S. The van der Waals surface area contributed by atoms with Gasteiger partial charge in [0.25, 0.3) is 10.0 Å². The molecule has 2 aromatic carbocycles. The Morgan fingerprint density at radius 3 is 2.53 bits per heavy atom. The molecule has 0 unspecified atom stereocenters. The number of carbonyl (C=O) groups excluding carboxylic acids is 1. The van der Waals surface area contributed by atoms with Gasteiger partial charge in [0.1, 0.15) is 17.5 Å². The fraction of sp³-hybridized carbons (Fsp3) is 0.280. The summed E-state index contributed by atoms with van der Waals surface area (Å²) in [5, 5.41) is 11.3. The number of para-hydroxylation sites is 1. The molecule has 3 aromatic rings. The molecule has 9 heteroatoms. The second-order valence-corrected chi connectivity index (χ2v) is 10.8. The smallest absolute Gasteiger partial charge is 0.264 e. The van der Waals surface area contributed by atoms with Crippen LogP contribution in [0.25, 0.3) is 0 Å². The number of hydrogen-bond donors (Lipinski definition) is 2. The minimum Gasteiger partial charge on any atom is -0.485 e. The molecule has 1 aromatic heterocycles. The number of pyridine rings is 1. The molecule has 1 aliphatic rings. The predicted molar refractivity (Wildman–Crippen MR) is 128 cm³/mol. The maximum absolute atomic E-state index is 13.4. The van der Waals surface area contributed by atoms with E-state index in [2.05, 4.69) is 4.98 Å². The normalized spacial score (nSPS) is 19.1. The molecule has 8 nitrogen and oxygen atoms in total. The van der Waals surface area contributed by atoms with Gasteiger partial charge in [0.2, 0.25) is 5.91 Å². The molecule has 0 bridgehead atoms. The number of rotatable bonds is 6. The highest BCUT2D eigenvalue weighted by molar-refractivity contribution is 7.92. The Morgan fingerprint density at radius 2 is 1.85 bits per heavy atom. The van der Waals surface area contributed by atoms with Crippen molar-refractivity contribution >= 4 is 21.6 Å². The molecule has 178 valence electrons. The monoisotopic (exact) mass is 481 g/mol. The average molecular weight is 482 g/mol. The molecule has 1 aliphatic heterocycles. The zero-order valence-corrected chi connectivity index (χ0v) is 20.0. The van der Waals surface area contributed by atoms with Gasteiger partial charge in [0, 0.05) is 18.8 Å². The molecule has 2 heterocycles. The molecular weight excluding hydrogens is 454 g/mol. The summed E-state index contributed by atoms with van der Waals surface area (Å²) in [6.45, 7) is 3.50. The maximum Gasteiger partial charge on any atom is 0.264 e. The third-order valence-electron chi connectivity index (χ3n) is 6.08. The van der Waals surface area contributed by atoms with E-state index in [0.717, 1.165) is 0 Å². The van der Waals surface area contributed by atoms with Crippen LogP contribution in [0.4, 0.5) is 5.69 Å². The molecule has 0 radical (unpaired) electrons. The van der Waals surface area contributed by atoms with E-state index in [4.69, 9.17) is 10.5 Å². The summed E-state index contributed by atoms with van der Waals surface area (Å²) in [4.78, 5) is 16.2. The summed E-state index contributed by atoms with van der Waals surface area (Å²) in [7, 11) is -2.42. The van der Waals surface area contributed by atoms with Gasteiger partial charge in [-0.1, -0.05) is 24.3 Å². The summed E-state index contributed by atoms with van der Waals surface area (Å²) in [5.41, 5.74) is 6.46. The Bertz CT molecular complexity index is 1330. The van der Waals surface area contributed by atoms with E-state index >= 15 is 0 Å². The van der Waals surface area contributed by atoms with Crippen molar-refractivity contribution in [2.24, 2.45) is 5.73 Å². The standard InChI is InChI=1S/C25H27N3O5S/c1-25(2)24(30)22(23-16(14-21(26)29)8-7-13-27-23)19-15-18(11-12-20(19)33-25)34(31,32)28(3)17-9-5-4-6-10-17/h4-13,15,22,24,30H,14H2,1-3H3,(H2,26,29)/t22-,24-/m1/s1. The van der Waals surface area contributed by atoms with Crippen molar-refractivity contribution in [1.82, 2.24) is 4.98 Å². The number of nitrogens with zero attached hydrogens (tertiary/aromatic N) is 2. The van der Waals surface area contributed by atoms with Crippen molar-refractivity contribution < 1.29 is 23.1 Å². The summed E-state index contributed by atoms with van der Waals surface area (Å²) in [6, 6.07) is 16.8. The largest absolute Gasteiger partial charge is 0.485 e. The molecule has 34 heavy (non-hydrogen) atoms. The number of fused-ring (bicyclic) bond motifs is 1. The Kier molecular flexibility index (Phi) is 6.09. The molecule has 0 spiro atoms. The Hall–Kier alpha value is -3.43. The van der Waals surface area contributed by atoms with E-state index in [1.807, 2.05) is 6.07 Å². The van der Waals surface area contributed by atoms with Gasteiger partial charge >= 0.3 is 0 Å².